The van der Waals surface area contributed by atoms with Crippen molar-refractivity contribution >= 4 is 17.3 Å². The first-order valence-corrected chi connectivity index (χ1v) is 9.05. The molecule has 1 amide bonds. The molecule has 3 aromatic rings. The Morgan fingerprint density at radius 3 is 2.04 bits per heavy atom. The molecule has 1 atom stereocenters. The van der Waals surface area contributed by atoms with Crippen LogP contribution in [0.5, 0.6) is 0 Å². The maximum Gasteiger partial charge on any atom is 0.243 e. The van der Waals surface area contributed by atoms with Gasteiger partial charge in [-0.1, -0.05) is 60.7 Å². The van der Waals surface area contributed by atoms with Crippen molar-refractivity contribution in [3.8, 4) is 11.1 Å². The zero-order valence-corrected chi connectivity index (χ0v) is 15.4. The lowest BCUT2D eigenvalue weighted by Crippen LogP contribution is -2.37. The average Bonchev–Trinajstić information content (AvgIpc) is 2.69. The number of aliphatic hydroxyl groups excluding tert-OH is 1. The van der Waals surface area contributed by atoms with Gasteiger partial charge >= 0.3 is 0 Å². The van der Waals surface area contributed by atoms with Gasteiger partial charge in [-0.2, -0.15) is 0 Å². The van der Waals surface area contributed by atoms with Crippen LogP contribution in [0.15, 0.2) is 84.9 Å². The summed E-state index contributed by atoms with van der Waals surface area (Å²) in [6, 6.07) is 27.6. The first-order valence-electron chi connectivity index (χ1n) is 9.05. The van der Waals surface area contributed by atoms with E-state index in [9.17, 15) is 9.90 Å². The molecule has 0 aromatic heterocycles. The number of benzene rings is 3. The molecule has 0 saturated heterocycles. The highest BCUT2D eigenvalue weighted by Gasteiger charge is 2.14. The molecule has 3 aromatic carbocycles. The number of hydrogen-bond acceptors (Lipinski definition) is 3. The molecule has 27 heavy (non-hydrogen) atoms. The van der Waals surface area contributed by atoms with Crippen LogP contribution in [0.3, 0.4) is 0 Å². The SMILES string of the molecule is CC(O)CN(CC(=O)Nc1ccc(-c2ccccc2)cc1)c1ccccc1. The largest absolute Gasteiger partial charge is 0.392 e. The van der Waals surface area contributed by atoms with Crippen molar-refractivity contribution in [1.29, 1.82) is 0 Å². The Hall–Kier alpha value is -3.11. The fourth-order valence-corrected chi connectivity index (χ4v) is 2.97. The summed E-state index contributed by atoms with van der Waals surface area (Å²) in [4.78, 5) is 14.4. The first-order chi connectivity index (χ1) is 13.1. The van der Waals surface area contributed by atoms with Crippen LogP contribution in [0.4, 0.5) is 11.4 Å². The highest BCUT2D eigenvalue weighted by atomic mass is 16.3. The van der Waals surface area contributed by atoms with Crippen LogP contribution < -0.4 is 10.2 Å². The van der Waals surface area contributed by atoms with Gasteiger partial charge in [0.25, 0.3) is 0 Å². The van der Waals surface area contributed by atoms with Crippen LogP contribution in [0.1, 0.15) is 6.92 Å². The van der Waals surface area contributed by atoms with Gasteiger partial charge in [0.05, 0.1) is 12.6 Å². The Morgan fingerprint density at radius 2 is 1.44 bits per heavy atom. The van der Waals surface area contributed by atoms with Crippen LogP contribution in [0.2, 0.25) is 0 Å². The number of carbonyl (C=O) groups is 1. The third-order valence-electron chi connectivity index (χ3n) is 4.22. The van der Waals surface area contributed by atoms with Crippen LogP contribution >= 0.6 is 0 Å². The van der Waals surface area contributed by atoms with E-state index in [0.29, 0.717) is 6.54 Å². The molecular formula is C23H24N2O2. The average molecular weight is 360 g/mol. The molecule has 4 nitrogen and oxygen atoms in total. The summed E-state index contributed by atoms with van der Waals surface area (Å²) in [5, 5.41) is 12.7. The molecule has 4 heteroatoms. The summed E-state index contributed by atoms with van der Waals surface area (Å²) in [7, 11) is 0. The topological polar surface area (TPSA) is 52.6 Å². The standard InChI is InChI=1S/C23H24N2O2/c1-18(26)16-25(22-10-6-3-7-11-22)17-23(27)24-21-14-12-20(13-15-21)19-8-4-2-5-9-19/h2-15,18,26H,16-17H2,1H3,(H,24,27). The molecule has 0 heterocycles. The van der Waals surface area contributed by atoms with Crippen molar-refractivity contribution in [1.82, 2.24) is 0 Å². The summed E-state index contributed by atoms with van der Waals surface area (Å²) < 4.78 is 0. The minimum atomic E-state index is -0.525. The van der Waals surface area contributed by atoms with Crippen molar-refractivity contribution < 1.29 is 9.90 Å². The predicted molar refractivity (Wildman–Crippen MR) is 111 cm³/mol. The zero-order valence-electron chi connectivity index (χ0n) is 15.4. The van der Waals surface area contributed by atoms with Crippen LogP contribution in [-0.2, 0) is 4.79 Å². The second-order valence-corrected chi connectivity index (χ2v) is 6.56. The van der Waals surface area contributed by atoms with Crippen LogP contribution in [-0.4, -0.2) is 30.2 Å². The quantitative estimate of drug-likeness (QED) is 0.665. The van der Waals surface area contributed by atoms with E-state index in [0.717, 1.165) is 22.5 Å². The van der Waals surface area contributed by atoms with Gasteiger partial charge < -0.3 is 15.3 Å². The summed E-state index contributed by atoms with van der Waals surface area (Å²) in [6.45, 7) is 2.29. The maximum absolute atomic E-state index is 12.5. The van der Waals surface area contributed by atoms with Gasteiger partial charge in [0.15, 0.2) is 0 Å². The zero-order chi connectivity index (χ0) is 19.1. The van der Waals surface area contributed by atoms with Crippen molar-refractivity contribution in [2.75, 3.05) is 23.3 Å². The monoisotopic (exact) mass is 360 g/mol. The minimum Gasteiger partial charge on any atom is -0.392 e. The van der Waals surface area contributed by atoms with Gasteiger partial charge in [0.1, 0.15) is 0 Å². The summed E-state index contributed by atoms with van der Waals surface area (Å²) in [5.74, 6) is -0.119. The number of anilines is 2. The van der Waals surface area contributed by atoms with Crippen molar-refractivity contribution in [3.05, 3.63) is 84.9 Å². The molecule has 2 N–H and O–H groups in total. The number of carbonyl (C=O) groups excluding carboxylic acids is 1. The van der Waals surface area contributed by atoms with E-state index in [1.54, 1.807) is 6.92 Å². The van der Waals surface area contributed by atoms with Gasteiger partial charge in [-0.15, -0.1) is 0 Å². The van der Waals surface area contributed by atoms with E-state index in [-0.39, 0.29) is 12.5 Å². The Bertz CT molecular complexity index is 847. The fraction of sp³-hybridized carbons (Fsp3) is 0.174. The highest BCUT2D eigenvalue weighted by molar-refractivity contribution is 5.94. The number of rotatable bonds is 7. The third-order valence-corrected chi connectivity index (χ3v) is 4.22. The summed E-state index contributed by atoms with van der Waals surface area (Å²) >= 11 is 0. The second-order valence-electron chi connectivity index (χ2n) is 6.56. The summed E-state index contributed by atoms with van der Waals surface area (Å²) in [6.07, 6.45) is -0.525. The Morgan fingerprint density at radius 1 is 0.889 bits per heavy atom. The van der Waals surface area contributed by atoms with Gasteiger partial charge in [0.2, 0.25) is 5.91 Å². The number of nitrogens with zero attached hydrogens (tertiary/aromatic N) is 1. The highest BCUT2D eigenvalue weighted by Crippen LogP contribution is 2.21. The minimum absolute atomic E-state index is 0.119. The molecule has 0 saturated carbocycles. The number of amides is 1. The predicted octanol–water partition coefficient (Wildman–Crippen LogP) is 4.18. The van der Waals surface area contributed by atoms with E-state index >= 15 is 0 Å². The molecule has 0 aliphatic carbocycles. The van der Waals surface area contributed by atoms with Gasteiger partial charge in [-0.05, 0) is 42.3 Å². The van der Waals surface area contributed by atoms with E-state index < -0.39 is 6.10 Å². The number of nitrogens with one attached hydrogen (secondary N) is 1. The first kappa shape index (κ1) is 18.7. The number of hydrogen-bond donors (Lipinski definition) is 2. The van der Waals surface area contributed by atoms with E-state index in [1.165, 1.54) is 0 Å². The number of para-hydroxylation sites is 1. The van der Waals surface area contributed by atoms with Crippen molar-refractivity contribution in [2.24, 2.45) is 0 Å². The molecular weight excluding hydrogens is 336 g/mol. The Kier molecular flexibility index (Phi) is 6.23. The molecule has 0 aliphatic heterocycles. The molecule has 0 aliphatic rings. The molecule has 0 radical (unpaired) electrons. The Balaban J connectivity index is 1.65. The third kappa shape index (κ3) is 5.43. The lowest BCUT2D eigenvalue weighted by molar-refractivity contribution is -0.115. The number of aliphatic hydroxyl groups is 1. The molecule has 0 bridgehead atoms. The molecule has 3 rings (SSSR count). The van der Waals surface area contributed by atoms with E-state index in [4.69, 9.17) is 0 Å². The van der Waals surface area contributed by atoms with Crippen molar-refractivity contribution in [3.63, 3.8) is 0 Å². The van der Waals surface area contributed by atoms with Gasteiger partial charge in [-0.25, -0.2) is 0 Å². The molecule has 1 unspecified atom stereocenters. The summed E-state index contributed by atoms with van der Waals surface area (Å²) in [5.41, 5.74) is 3.91. The van der Waals surface area contributed by atoms with Gasteiger partial charge in [-0.3, -0.25) is 4.79 Å². The Labute approximate surface area is 160 Å². The molecule has 138 valence electrons. The lowest BCUT2D eigenvalue weighted by Gasteiger charge is -2.25. The van der Waals surface area contributed by atoms with E-state index in [2.05, 4.69) is 17.4 Å². The van der Waals surface area contributed by atoms with E-state index in [1.807, 2.05) is 77.7 Å². The van der Waals surface area contributed by atoms with Gasteiger partial charge in [0, 0.05) is 17.9 Å². The molecule has 0 spiro atoms. The maximum atomic E-state index is 12.5. The fourth-order valence-electron chi connectivity index (χ4n) is 2.97. The normalized spacial score (nSPS) is 11.6. The smallest absolute Gasteiger partial charge is 0.243 e. The van der Waals surface area contributed by atoms with Crippen LogP contribution in [0, 0.1) is 0 Å². The molecule has 0 fully saturated rings. The second kappa shape index (κ2) is 9.01. The lowest BCUT2D eigenvalue weighted by atomic mass is 10.1. The van der Waals surface area contributed by atoms with Crippen LogP contribution in [0.25, 0.3) is 11.1 Å². The van der Waals surface area contributed by atoms with Crippen molar-refractivity contribution in [2.45, 2.75) is 13.0 Å².